The highest BCUT2D eigenvalue weighted by Gasteiger charge is 2.30. The van der Waals surface area contributed by atoms with Gasteiger partial charge in [-0.2, -0.15) is 4.09 Å². The van der Waals surface area contributed by atoms with E-state index in [9.17, 15) is 0 Å². The van der Waals surface area contributed by atoms with Crippen LogP contribution in [-0.2, 0) is 4.84 Å². The Morgan fingerprint density at radius 1 is 1.32 bits per heavy atom. The summed E-state index contributed by atoms with van der Waals surface area (Å²) in [6, 6.07) is 7.89. The van der Waals surface area contributed by atoms with Crippen LogP contribution in [0.3, 0.4) is 0 Å². The van der Waals surface area contributed by atoms with Crippen LogP contribution in [0.4, 0.5) is 0 Å². The number of hydrogen-bond donors (Lipinski definition) is 0. The third-order valence-electron chi connectivity index (χ3n) is 3.05. The van der Waals surface area contributed by atoms with E-state index >= 15 is 0 Å². The van der Waals surface area contributed by atoms with Crippen molar-refractivity contribution in [1.82, 2.24) is 14.4 Å². The van der Waals surface area contributed by atoms with Gasteiger partial charge < -0.3 is 4.84 Å². The first-order valence-corrected chi connectivity index (χ1v) is 7.08. The highest BCUT2D eigenvalue weighted by molar-refractivity contribution is 7.98. The van der Waals surface area contributed by atoms with Crippen LogP contribution in [0.15, 0.2) is 29.4 Å². The van der Waals surface area contributed by atoms with E-state index in [1.807, 2.05) is 24.3 Å². The number of fused-ring (bicyclic) bond motifs is 1. The molecule has 0 fully saturated rings. The van der Waals surface area contributed by atoms with Crippen LogP contribution in [0.25, 0.3) is 11.0 Å². The van der Waals surface area contributed by atoms with E-state index in [4.69, 9.17) is 4.84 Å². The first kappa shape index (κ1) is 12.5. The van der Waals surface area contributed by atoms with E-state index < -0.39 is 0 Å². The predicted octanol–water partition coefficient (Wildman–Crippen LogP) is 3.08. The zero-order valence-electron chi connectivity index (χ0n) is 11.2. The minimum atomic E-state index is -0.0284. The number of nitrogens with zero attached hydrogens (tertiary/aromatic N) is 4. The second kappa shape index (κ2) is 4.52. The molecule has 0 N–H and O–H groups in total. The molecule has 100 valence electrons. The fourth-order valence-electron chi connectivity index (χ4n) is 1.89. The smallest absolute Gasteiger partial charge is 0.198 e. The van der Waals surface area contributed by atoms with Crippen molar-refractivity contribution in [1.29, 1.82) is 0 Å². The maximum absolute atomic E-state index is 5.48. The van der Waals surface area contributed by atoms with Gasteiger partial charge in [0.25, 0.3) is 0 Å². The third kappa shape index (κ3) is 2.45. The average molecular weight is 276 g/mol. The molecule has 1 aromatic carbocycles. The fourth-order valence-corrected chi connectivity index (χ4v) is 2.77. The fraction of sp³-hybridized carbons (Fsp3) is 0.462. The van der Waals surface area contributed by atoms with Crippen LogP contribution in [-0.4, -0.2) is 25.5 Å². The molecule has 0 aliphatic carbocycles. The first-order chi connectivity index (χ1) is 9.04. The number of benzene rings is 1. The summed E-state index contributed by atoms with van der Waals surface area (Å²) in [7, 11) is 0. The molecule has 6 heteroatoms. The Hall–Kier alpha value is -1.56. The van der Waals surface area contributed by atoms with Crippen molar-refractivity contribution in [2.75, 3.05) is 0 Å². The third-order valence-corrected chi connectivity index (χ3v) is 4.00. The van der Waals surface area contributed by atoms with E-state index in [-0.39, 0.29) is 10.9 Å². The molecule has 2 heterocycles. The maximum Gasteiger partial charge on any atom is 0.198 e. The van der Waals surface area contributed by atoms with E-state index in [2.05, 4.69) is 36.2 Å². The Balaban J connectivity index is 1.74. The molecule has 0 spiro atoms. The molecule has 1 unspecified atom stereocenters. The summed E-state index contributed by atoms with van der Waals surface area (Å²) in [6.45, 7) is 6.44. The standard InChI is InChI=1S/C13H16N4OS/c1-13(2,3)11-8-12(18-15-11)19-17-10-7-5-4-6-9(10)14-16-17/h4-7,12H,8H2,1-3H3. The molecule has 1 aliphatic heterocycles. The molecule has 1 aliphatic rings. The Morgan fingerprint density at radius 3 is 2.84 bits per heavy atom. The van der Waals surface area contributed by atoms with Crippen LogP contribution in [0, 0.1) is 5.41 Å². The number of oxime groups is 1. The molecular weight excluding hydrogens is 260 g/mol. The maximum atomic E-state index is 5.48. The summed E-state index contributed by atoms with van der Waals surface area (Å²) in [4.78, 5) is 5.48. The molecule has 3 rings (SSSR count). The number of hydrogen-bond acceptors (Lipinski definition) is 5. The monoisotopic (exact) mass is 276 g/mol. The van der Waals surface area contributed by atoms with Crippen molar-refractivity contribution in [2.45, 2.75) is 32.6 Å². The Morgan fingerprint density at radius 2 is 2.11 bits per heavy atom. The largest absolute Gasteiger partial charge is 0.379 e. The van der Waals surface area contributed by atoms with Gasteiger partial charge in [0.15, 0.2) is 5.44 Å². The van der Waals surface area contributed by atoms with Crippen LogP contribution in [0.1, 0.15) is 27.2 Å². The Labute approximate surface area is 116 Å². The molecule has 2 aromatic rings. The molecule has 0 bridgehead atoms. The normalized spacial score (nSPS) is 19.5. The lowest BCUT2D eigenvalue weighted by Crippen LogP contribution is -2.20. The molecule has 19 heavy (non-hydrogen) atoms. The van der Waals surface area contributed by atoms with Crippen molar-refractivity contribution in [3.8, 4) is 0 Å². The summed E-state index contributed by atoms with van der Waals surface area (Å²) in [5, 5.41) is 12.5. The highest BCUT2D eigenvalue weighted by Crippen LogP contribution is 2.31. The van der Waals surface area contributed by atoms with Gasteiger partial charge in [-0.1, -0.05) is 43.3 Å². The van der Waals surface area contributed by atoms with Crippen LogP contribution >= 0.6 is 11.9 Å². The van der Waals surface area contributed by atoms with Gasteiger partial charge in [-0.15, -0.1) is 5.10 Å². The zero-order chi connectivity index (χ0) is 13.5. The predicted molar refractivity (Wildman–Crippen MR) is 76.9 cm³/mol. The average Bonchev–Trinajstić information content (AvgIpc) is 2.97. The van der Waals surface area contributed by atoms with Crippen LogP contribution in [0.2, 0.25) is 0 Å². The van der Waals surface area contributed by atoms with E-state index in [1.54, 1.807) is 4.09 Å². The van der Waals surface area contributed by atoms with E-state index in [1.165, 1.54) is 11.9 Å². The van der Waals surface area contributed by atoms with Gasteiger partial charge >= 0.3 is 0 Å². The molecule has 1 aromatic heterocycles. The lowest BCUT2D eigenvalue weighted by Gasteiger charge is -2.16. The molecule has 0 saturated carbocycles. The van der Waals surface area contributed by atoms with Crippen molar-refractivity contribution in [3.05, 3.63) is 24.3 Å². The van der Waals surface area contributed by atoms with Gasteiger partial charge in [0.2, 0.25) is 0 Å². The minimum absolute atomic E-state index is 0.0284. The molecule has 1 atom stereocenters. The Kier molecular flexibility index (Phi) is 2.97. The topological polar surface area (TPSA) is 52.3 Å². The summed E-state index contributed by atoms with van der Waals surface area (Å²) in [5.74, 6) is 0. The highest BCUT2D eigenvalue weighted by atomic mass is 32.2. The molecule has 0 radical (unpaired) electrons. The van der Waals surface area contributed by atoms with E-state index in [0.29, 0.717) is 0 Å². The van der Waals surface area contributed by atoms with Gasteiger partial charge in [-0.25, -0.2) is 0 Å². The SMILES string of the molecule is CC(C)(C)C1=NOC(Sn2nnc3ccccc32)C1. The van der Waals surface area contributed by atoms with Crippen molar-refractivity contribution >= 4 is 28.7 Å². The minimum Gasteiger partial charge on any atom is -0.379 e. The van der Waals surface area contributed by atoms with Crippen LogP contribution in [0.5, 0.6) is 0 Å². The first-order valence-electron chi connectivity index (χ1n) is 6.25. The van der Waals surface area contributed by atoms with Gasteiger partial charge in [-0.05, 0) is 12.1 Å². The lowest BCUT2D eigenvalue weighted by molar-refractivity contribution is 0.147. The molecule has 0 amide bonds. The zero-order valence-corrected chi connectivity index (χ0v) is 12.0. The molecule has 0 saturated heterocycles. The van der Waals surface area contributed by atoms with Crippen molar-refractivity contribution < 1.29 is 4.84 Å². The quantitative estimate of drug-likeness (QED) is 0.846. The van der Waals surface area contributed by atoms with E-state index in [0.717, 1.165) is 23.2 Å². The van der Waals surface area contributed by atoms with Gasteiger partial charge in [0, 0.05) is 23.8 Å². The second-order valence-corrected chi connectivity index (χ2v) is 6.67. The summed E-state index contributed by atoms with van der Waals surface area (Å²) in [5.41, 5.74) is 3.01. The lowest BCUT2D eigenvalue weighted by atomic mass is 9.89. The van der Waals surface area contributed by atoms with Gasteiger partial charge in [-0.3, -0.25) is 0 Å². The molecular formula is C13H16N4OS. The van der Waals surface area contributed by atoms with Crippen molar-refractivity contribution in [3.63, 3.8) is 0 Å². The summed E-state index contributed by atoms with van der Waals surface area (Å²) < 4.78 is 1.81. The van der Waals surface area contributed by atoms with Gasteiger partial charge in [0.1, 0.15) is 11.0 Å². The van der Waals surface area contributed by atoms with Gasteiger partial charge in [0.05, 0.1) is 5.71 Å². The Bertz CT molecular complexity index is 629. The van der Waals surface area contributed by atoms with Crippen LogP contribution < -0.4 is 0 Å². The van der Waals surface area contributed by atoms with Crippen molar-refractivity contribution in [2.24, 2.45) is 10.6 Å². The molecule has 5 nitrogen and oxygen atoms in total. The summed E-state index contributed by atoms with van der Waals surface area (Å²) in [6.07, 6.45) is 0.822. The number of aromatic nitrogens is 3. The summed E-state index contributed by atoms with van der Waals surface area (Å²) >= 11 is 1.51. The second-order valence-electron chi connectivity index (χ2n) is 5.58. The number of para-hydroxylation sites is 1. The number of rotatable bonds is 2.